The highest BCUT2D eigenvalue weighted by Gasteiger charge is 2.29. The monoisotopic (exact) mass is 270 g/mol. The van der Waals surface area contributed by atoms with Gasteiger partial charge >= 0.3 is 12.0 Å². The molecular weight excluding hydrogens is 244 g/mol. The first-order chi connectivity index (χ1) is 8.80. The Morgan fingerprint density at radius 2 is 1.68 bits per heavy atom. The van der Waals surface area contributed by atoms with Crippen molar-refractivity contribution in [3.8, 4) is 0 Å². The van der Waals surface area contributed by atoms with E-state index in [2.05, 4.69) is 5.32 Å². The summed E-state index contributed by atoms with van der Waals surface area (Å²) in [7, 11) is 0. The van der Waals surface area contributed by atoms with Crippen LogP contribution in [0.15, 0.2) is 0 Å². The second-order valence-corrected chi connectivity index (χ2v) is 6.29. The van der Waals surface area contributed by atoms with Gasteiger partial charge in [-0.05, 0) is 33.6 Å². The summed E-state index contributed by atoms with van der Waals surface area (Å²) in [4.78, 5) is 24.5. The molecule has 0 aromatic heterocycles. The summed E-state index contributed by atoms with van der Waals surface area (Å²) in [5.41, 5.74) is -0.493. The van der Waals surface area contributed by atoms with Crippen molar-refractivity contribution >= 4 is 12.0 Å². The van der Waals surface area contributed by atoms with Crippen molar-refractivity contribution in [1.29, 1.82) is 0 Å². The SMILES string of the molecule is CC(C)(C)N(CC(=O)O)C(=O)NC1CCCCCC1. The zero-order valence-corrected chi connectivity index (χ0v) is 12.2. The molecule has 5 heteroatoms. The molecule has 0 saturated heterocycles. The van der Waals surface area contributed by atoms with Gasteiger partial charge in [0.05, 0.1) is 0 Å². The number of aliphatic carboxylic acids is 1. The Morgan fingerprint density at radius 1 is 1.16 bits per heavy atom. The fraction of sp³-hybridized carbons (Fsp3) is 0.857. The topological polar surface area (TPSA) is 69.6 Å². The molecule has 1 saturated carbocycles. The van der Waals surface area contributed by atoms with Crippen LogP contribution < -0.4 is 5.32 Å². The minimum atomic E-state index is -0.981. The third-order valence-corrected chi connectivity index (χ3v) is 3.53. The second kappa shape index (κ2) is 6.78. The lowest BCUT2D eigenvalue weighted by atomic mass is 10.1. The molecule has 2 amide bonds. The van der Waals surface area contributed by atoms with Gasteiger partial charge in [-0.3, -0.25) is 4.79 Å². The van der Waals surface area contributed by atoms with E-state index < -0.39 is 11.5 Å². The van der Waals surface area contributed by atoms with Gasteiger partial charge in [-0.25, -0.2) is 4.79 Å². The third-order valence-electron chi connectivity index (χ3n) is 3.53. The van der Waals surface area contributed by atoms with Gasteiger partial charge in [0.2, 0.25) is 0 Å². The molecule has 0 bridgehead atoms. The van der Waals surface area contributed by atoms with Crippen molar-refractivity contribution in [2.45, 2.75) is 70.9 Å². The maximum absolute atomic E-state index is 12.3. The molecule has 110 valence electrons. The van der Waals surface area contributed by atoms with Crippen LogP contribution in [0.5, 0.6) is 0 Å². The molecule has 0 aromatic carbocycles. The van der Waals surface area contributed by atoms with Crippen LogP contribution in [-0.4, -0.2) is 40.1 Å². The van der Waals surface area contributed by atoms with E-state index in [9.17, 15) is 9.59 Å². The normalized spacial score (nSPS) is 17.6. The first-order valence-corrected chi connectivity index (χ1v) is 7.10. The van der Waals surface area contributed by atoms with E-state index in [-0.39, 0.29) is 18.6 Å². The van der Waals surface area contributed by atoms with Gasteiger partial charge in [-0.1, -0.05) is 25.7 Å². The molecule has 1 fully saturated rings. The predicted octanol–water partition coefficient (Wildman–Crippen LogP) is 2.60. The Labute approximate surface area is 115 Å². The van der Waals surface area contributed by atoms with Gasteiger partial charge < -0.3 is 15.3 Å². The van der Waals surface area contributed by atoms with E-state index in [1.165, 1.54) is 17.7 Å². The quantitative estimate of drug-likeness (QED) is 0.774. The molecule has 1 aliphatic rings. The van der Waals surface area contributed by atoms with Crippen molar-refractivity contribution < 1.29 is 14.7 Å². The molecule has 0 aliphatic heterocycles. The number of urea groups is 1. The number of carboxylic acids is 1. The molecule has 19 heavy (non-hydrogen) atoms. The van der Waals surface area contributed by atoms with Crippen molar-refractivity contribution in [3.63, 3.8) is 0 Å². The van der Waals surface area contributed by atoms with E-state index in [1.54, 1.807) is 0 Å². The lowest BCUT2D eigenvalue weighted by molar-refractivity contribution is -0.138. The number of nitrogens with zero attached hydrogens (tertiary/aromatic N) is 1. The maximum atomic E-state index is 12.3. The van der Waals surface area contributed by atoms with Crippen LogP contribution in [0.2, 0.25) is 0 Å². The standard InChI is InChI=1S/C14H26N2O3/c1-14(2,3)16(10-12(17)18)13(19)15-11-8-6-4-5-7-9-11/h11H,4-10H2,1-3H3,(H,15,19)(H,17,18). The van der Waals surface area contributed by atoms with Crippen LogP contribution in [-0.2, 0) is 4.79 Å². The zero-order valence-electron chi connectivity index (χ0n) is 12.2. The summed E-state index contributed by atoms with van der Waals surface area (Å²) >= 11 is 0. The summed E-state index contributed by atoms with van der Waals surface area (Å²) in [6, 6.07) is -0.0737. The first kappa shape index (κ1) is 15.8. The van der Waals surface area contributed by atoms with Gasteiger partial charge in [0.1, 0.15) is 6.54 Å². The highest BCUT2D eigenvalue weighted by atomic mass is 16.4. The average molecular weight is 270 g/mol. The van der Waals surface area contributed by atoms with E-state index in [4.69, 9.17) is 5.11 Å². The number of rotatable bonds is 3. The van der Waals surface area contributed by atoms with Crippen LogP contribution >= 0.6 is 0 Å². The fourth-order valence-electron chi connectivity index (χ4n) is 2.43. The van der Waals surface area contributed by atoms with Gasteiger partial charge in [-0.2, -0.15) is 0 Å². The van der Waals surface area contributed by atoms with Crippen molar-refractivity contribution in [3.05, 3.63) is 0 Å². The lowest BCUT2D eigenvalue weighted by Gasteiger charge is -2.35. The minimum absolute atomic E-state index is 0.189. The molecule has 2 N–H and O–H groups in total. The predicted molar refractivity (Wildman–Crippen MR) is 74.1 cm³/mol. The average Bonchev–Trinajstić information content (AvgIpc) is 2.52. The molecule has 0 radical (unpaired) electrons. The highest BCUT2D eigenvalue weighted by Crippen LogP contribution is 2.19. The first-order valence-electron chi connectivity index (χ1n) is 7.10. The highest BCUT2D eigenvalue weighted by molar-refractivity contribution is 5.81. The van der Waals surface area contributed by atoms with Crippen LogP contribution in [0.3, 0.4) is 0 Å². The molecule has 1 rings (SSSR count). The van der Waals surface area contributed by atoms with E-state index in [0.29, 0.717) is 0 Å². The number of carbonyl (C=O) groups is 2. The maximum Gasteiger partial charge on any atom is 0.323 e. The number of nitrogens with one attached hydrogen (secondary N) is 1. The van der Waals surface area contributed by atoms with Gasteiger partial charge in [0.25, 0.3) is 0 Å². The summed E-state index contributed by atoms with van der Waals surface area (Å²) in [6.45, 7) is 5.29. The van der Waals surface area contributed by atoms with Gasteiger partial charge in [0.15, 0.2) is 0 Å². The third kappa shape index (κ3) is 5.49. The summed E-state index contributed by atoms with van der Waals surface area (Å²) in [6.07, 6.45) is 6.72. The van der Waals surface area contributed by atoms with E-state index >= 15 is 0 Å². The van der Waals surface area contributed by atoms with E-state index in [0.717, 1.165) is 25.7 Å². The molecule has 0 unspecified atom stereocenters. The summed E-state index contributed by atoms with van der Waals surface area (Å²) < 4.78 is 0. The van der Waals surface area contributed by atoms with E-state index in [1.807, 2.05) is 20.8 Å². The minimum Gasteiger partial charge on any atom is -0.480 e. The zero-order chi connectivity index (χ0) is 14.5. The van der Waals surface area contributed by atoms with Crippen LogP contribution in [0.25, 0.3) is 0 Å². The lowest BCUT2D eigenvalue weighted by Crippen LogP contribution is -2.54. The number of hydrogen-bond acceptors (Lipinski definition) is 2. The largest absolute Gasteiger partial charge is 0.480 e. The molecule has 0 atom stereocenters. The molecule has 0 heterocycles. The van der Waals surface area contributed by atoms with Crippen molar-refractivity contribution in [1.82, 2.24) is 10.2 Å². The second-order valence-electron chi connectivity index (χ2n) is 6.29. The van der Waals surface area contributed by atoms with Gasteiger partial charge in [0, 0.05) is 11.6 Å². The Hall–Kier alpha value is -1.26. The molecule has 1 aliphatic carbocycles. The Bertz CT molecular complexity index is 315. The Kier molecular flexibility index (Phi) is 5.63. The molecular formula is C14H26N2O3. The summed E-state index contributed by atoms with van der Waals surface area (Å²) in [5.74, 6) is -0.981. The van der Waals surface area contributed by atoms with Crippen molar-refractivity contribution in [2.75, 3.05) is 6.54 Å². The van der Waals surface area contributed by atoms with Crippen LogP contribution in [0, 0.1) is 0 Å². The fourth-order valence-corrected chi connectivity index (χ4v) is 2.43. The van der Waals surface area contributed by atoms with Gasteiger partial charge in [-0.15, -0.1) is 0 Å². The number of carbonyl (C=O) groups excluding carboxylic acids is 1. The number of hydrogen-bond donors (Lipinski definition) is 2. The Balaban J connectivity index is 2.62. The number of amides is 2. The molecule has 0 aromatic rings. The molecule has 0 spiro atoms. The van der Waals surface area contributed by atoms with Crippen molar-refractivity contribution in [2.24, 2.45) is 0 Å². The van der Waals surface area contributed by atoms with Crippen LogP contribution in [0.4, 0.5) is 4.79 Å². The smallest absolute Gasteiger partial charge is 0.323 e. The molecule has 5 nitrogen and oxygen atoms in total. The Morgan fingerprint density at radius 3 is 2.11 bits per heavy atom. The van der Waals surface area contributed by atoms with Crippen LogP contribution in [0.1, 0.15) is 59.3 Å². The number of carboxylic acid groups (broad SMARTS) is 1. The summed E-state index contributed by atoms with van der Waals surface area (Å²) in [5, 5.41) is 11.9.